The zero-order chi connectivity index (χ0) is 27.1. The van der Waals surface area contributed by atoms with Crippen molar-refractivity contribution in [2.75, 3.05) is 26.8 Å². The van der Waals surface area contributed by atoms with Crippen molar-refractivity contribution in [3.63, 3.8) is 0 Å². The Bertz CT molecular complexity index is 1230. The summed E-state index contributed by atoms with van der Waals surface area (Å²) in [6.45, 7) is 2.41. The van der Waals surface area contributed by atoms with Crippen LogP contribution in [0.1, 0.15) is 49.8 Å². The van der Waals surface area contributed by atoms with Crippen molar-refractivity contribution in [1.82, 2.24) is 10.2 Å². The molecular weight excluding hydrogens is 502 g/mol. The first kappa shape index (κ1) is 26.0. The molecule has 9 nitrogen and oxygen atoms in total. The largest absolute Gasteiger partial charge is 0.586 e. The number of aliphatic hydroxyl groups excluding tert-OH is 1. The smallest absolute Gasteiger partial charge is 0.497 e. The highest BCUT2D eigenvalue weighted by Gasteiger charge is 2.53. The van der Waals surface area contributed by atoms with Gasteiger partial charge in [-0.05, 0) is 49.1 Å². The van der Waals surface area contributed by atoms with Gasteiger partial charge in [0.25, 0.3) is 5.91 Å². The minimum atomic E-state index is -3.74. The van der Waals surface area contributed by atoms with Gasteiger partial charge in [0.2, 0.25) is 5.91 Å². The number of nitrogens with one attached hydrogen (secondary N) is 1. The maximum atomic E-state index is 13.6. The van der Waals surface area contributed by atoms with Crippen molar-refractivity contribution in [2.24, 2.45) is 0 Å². The predicted octanol–water partition coefficient (Wildman–Crippen LogP) is 3.29. The van der Waals surface area contributed by atoms with E-state index < -0.39 is 23.9 Å². The second-order valence-electron chi connectivity index (χ2n) is 9.73. The second-order valence-corrected chi connectivity index (χ2v) is 9.73. The number of nitrogens with zero attached hydrogens (tertiary/aromatic N) is 1. The first-order valence-electron chi connectivity index (χ1n) is 12.7. The average Bonchev–Trinajstić information content (AvgIpc) is 3.64. The molecule has 3 aliphatic rings. The number of halogens is 2. The summed E-state index contributed by atoms with van der Waals surface area (Å²) >= 11 is 0. The number of ether oxygens (including phenoxy) is 4. The molecule has 2 aromatic carbocycles. The summed E-state index contributed by atoms with van der Waals surface area (Å²) in [5, 5.41) is 12.5. The molecule has 0 unspecified atom stereocenters. The number of fused-ring (bicyclic) bond motifs is 2. The number of hydrogen-bond acceptors (Lipinski definition) is 7. The minimum absolute atomic E-state index is 0.0804. The predicted molar refractivity (Wildman–Crippen MR) is 130 cm³/mol. The van der Waals surface area contributed by atoms with E-state index in [-0.39, 0.29) is 42.9 Å². The van der Waals surface area contributed by atoms with Crippen LogP contribution in [0.15, 0.2) is 36.4 Å². The number of hydrogen-bond donors (Lipinski definition) is 2. The zero-order valence-electron chi connectivity index (χ0n) is 21.2. The Kier molecular flexibility index (Phi) is 6.81. The summed E-state index contributed by atoms with van der Waals surface area (Å²) in [4.78, 5) is 28.5. The van der Waals surface area contributed by atoms with Crippen LogP contribution in [-0.2, 0) is 15.0 Å². The molecule has 2 atom stereocenters. The normalized spacial score (nSPS) is 21.6. The minimum Gasteiger partial charge on any atom is -0.497 e. The van der Waals surface area contributed by atoms with E-state index in [1.54, 1.807) is 29.2 Å². The topological polar surface area (TPSA) is 107 Å². The van der Waals surface area contributed by atoms with E-state index in [9.17, 15) is 23.5 Å². The molecule has 11 heteroatoms. The van der Waals surface area contributed by atoms with Crippen molar-refractivity contribution in [1.29, 1.82) is 0 Å². The van der Waals surface area contributed by atoms with Gasteiger partial charge in [0.1, 0.15) is 11.5 Å². The Morgan fingerprint density at radius 2 is 1.87 bits per heavy atom. The molecule has 5 rings (SSSR count). The Balaban J connectivity index is 1.40. The third-order valence-corrected chi connectivity index (χ3v) is 7.21. The fourth-order valence-corrected chi connectivity index (χ4v) is 5.10. The maximum absolute atomic E-state index is 13.6. The number of amides is 2. The van der Waals surface area contributed by atoms with Gasteiger partial charge in [0.15, 0.2) is 17.6 Å². The molecule has 0 aromatic heterocycles. The van der Waals surface area contributed by atoms with E-state index >= 15 is 0 Å². The summed E-state index contributed by atoms with van der Waals surface area (Å²) in [6.07, 6.45) is -2.63. The van der Waals surface area contributed by atoms with E-state index in [4.69, 9.17) is 9.47 Å². The van der Waals surface area contributed by atoms with Crippen molar-refractivity contribution in [3.05, 3.63) is 47.5 Å². The summed E-state index contributed by atoms with van der Waals surface area (Å²) in [5.41, 5.74) is 0.363. The molecule has 0 spiro atoms. The molecule has 2 heterocycles. The zero-order valence-corrected chi connectivity index (χ0v) is 21.2. The molecule has 0 bridgehead atoms. The Morgan fingerprint density at radius 3 is 2.55 bits per heavy atom. The third kappa shape index (κ3) is 4.82. The second kappa shape index (κ2) is 9.94. The fraction of sp³-hybridized carbons (Fsp3) is 0.481. The number of aliphatic hydroxyl groups is 1. The summed E-state index contributed by atoms with van der Waals surface area (Å²) < 4.78 is 47.5. The highest BCUT2D eigenvalue weighted by Crippen LogP contribution is 2.52. The van der Waals surface area contributed by atoms with Crippen molar-refractivity contribution < 1.29 is 42.4 Å². The van der Waals surface area contributed by atoms with Gasteiger partial charge < -0.3 is 34.3 Å². The molecule has 2 aromatic rings. The van der Waals surface area contributed by atoms with Gasteiger partial charge in [-0.25, -0.2) is 0 Å². The SMILES string of the molecule is CCCN(CCO)C(=O)[C@H]1C[C@@H](NC(=O)C2(c3ccc4c(c3)OC(F)(F)O4)CC2)c2ccc(OC)cc2O1. The quantitative estimate of drug-likeness (QED) is 0.511. The van der Waals surface area contributed by atoms with E-state index in [2.05, 4.69) is 14.8 Å². The van der Waals surface area contributed by atoms with Crippen LogP contribution < -0.4 is 24.3 Å². The highest BCUT2D eigenvalue weighted by atomic mass is 19.3. The van der Waals surface area contributed by atoms with Gasteiger partial charge in [0, 0.05) is 31.1 Å². The summed E-state index contributed by atoms with van der Waals surface area (Å²) in [5.74, 6) is 0.229. The summed E-state index contributed by atoms with van der Waals surface area (Å²) in [7, 11) is 1.52. The van der Waals surface area contributed by atoms with Crippen molar-refractivity contribution in [2.45, 2.75) is 56.5 Å². The van der Waals surface area contributed by atoms with Gasteiger partial charge in [-0.2, -0.15) is 0 Å². The van der Waals surface area contributed by atoms with Gasteiger partial charge in [0.05, 0.1) is 25.2 Å². The lowest BCUT2D eigenvalue weighted by Crippen LogP contribution is -2.48. The van der Waals surface area contributed by atoms with E-state index in [1.807, 2.05) is 6.92 Å². The van der Waals surface area contributed by atoms with Gasteiger partial charge in [-0.3, -0.25) is 9.59 Å². The number of benzene rings is 2. The first-order chi connectivity index (χ1) is 18.2. The van der Waals surface area contributed by atoms with Crippen LogP contribution in [0.2, 0.25) is 0 Å². The molecule has 2 amide bonds. The van der Waals surface area contributed by atoms with Crippen molar-refractivity contribution in [3.8, 4) is 23.0 Å². The molecule has 0 saturated heterocycles. The summed E-state index contributed by atoms with van der Waals surface area (Å²) in [6, 6.07) is 9.09. The van der Waals surface area contributed by atoms with Crippen LogP contribution in [0.25, 0.3) is 0 Å². The fourth-order valence-electron chi connectivity index (χ4n) is 5.10. The molecule has 2 N–H and O–H groups in total. The standard InChI is InChI=1S/C27H30F2N2O7/c1-3-10-31(11-12-32)24(33)23-15-19(18-6-5-17(35-2)14-21(18)36-23)30-25(34)26(8-9-26)16-4-7-20-22(13-16)38-27(28,29)37-20/h4-7,13-14,19,23,32H,3,8-12,15H2,1-2H3,(H,30,34)/t19-,23-/m1/s1. The Labute approximate surface area is 218 Å². The molecule has 204 valence electrons. The Morgan fingerprint density at radius 1 is 1.11 bits per heavy atom. The molecular formula is C27H30F2N2O7. The average molecular weight is 533 g/mol. The number of carbonyl (C=O) groups excluding carboxylic acids is 2. The van der Waals surface area contributed by atoms with Crippen LogP contribution >= 0.6 is 0 Å². The lowest BCUT2D eigenvalue weighted by molar-refractivity contribution is -0.286. The van der Waals surface area contributed by atoms with Crippen LogP contribution in [0.3, 0.4) is 0 Å². The molecule has 1 fully saturated rings. The number of methoxy groups -OCH3 is 1. The monoisotopic (exact) mass is 532 g/mol. The molecule has 1 aliphatic carbocycles. The van der Waals surface area contributed by atoms with Gasteiger partial charge in [-0.15, -0.1) is 8.78 Å². The maximum Gasteiger partial charge on any atom is 0.586 e. The lowest BCUT2D eigenvalue weighted by Gasteiger charge is -2.35. The highest BCUT2D eigenvalue weighted by molar-refractivity contribution is 5.92. The van der Waals surface area contributed by atoms with Gasteiger partial charge in [-0.1, -0.05) is 13.0 Å². The number of carbonyl (C=O) groups is 2. The molecule has 0 radical (unpaired) electrons. The Hall–Kier alpha value is -3.60. The molecule has 38 heavy (non-hydrogen) atoms. The van der Waals surface area contributed by atoms with Crippen LogP contribution in [0.4, 0.5) is 8.78 Å². The first-order valence-corrected chi connectivity index (χ1v) is 12.7. The van der Waals surface area contributed by atoms with E-state index in [1.165, 1.54) is 19.2 Å². The molecule has 1 saturated carbocycles. The van der Waals surface area contributed by atoms with Crippen LogP contribution in [0.5, 0.6) is 23.0 Å². The number of alkyl halides is 2. The van der Waals surface area contributed by atoms with E-state index in [0.717, 1.165) is 0 Å². The van der Waals surface area contributed by atoms with E-state index in [0.29, 0.717) is 48.4 Å². The molecule has 2 aliphatic heterocycles. The van der Waals surface area contributed by atoms with Crippen molar-refractivity contribution >= 4 is 11.8 Å². The number of rotatable bonds is 9. The van der Waals surface area contributed by atoms with Crippen LogP contribution in [-0.4, -0.2) is 61.0 Å². The van der Waals surface area contributed by atoms with Gasteiger partial charge >= 0.3 is 6.29 Å². The van der Waals surface area contributed by atoms with Crippen LogP contribution in [0, 0.1) is 0 Å². The third-order valence-electron chi connectivity index (χ3n) is 7.21. The lowest BCUT2D eigenvalue weighted by atomic mass is 9.91.